The lowest BCUT2D eigenvalue weighted by atomic mass is 9.85. The first-order valence-corrected chi connectivity index (χ1v) is 11.7. The lowest BCUT2D eigenvalue weighted by molar-refractivity contribution is -0.427. The summed E-state index contributed by atoms with van der Waals surface area (Å²) in [6, 6.07) is 14.2. The molecule has 0 saturated heterocycles. The zero-order chi connectivity index (χ0) is 22.8. The molecule has 1 heterocycles. The van der Waals surface area contributed by atoms with Crippen LogP contribution in [0.5, 0.6) is 0 Å². The maximum atomic E-state index is 13.3. The highest BCUT2D eigenvalue weighted by molar-refractivity contribution is 7.89. The van der Waals surface area contributed by atoms with Crippen molar-refractivity contribution in [2.24, 2.45) is 5.92 Å². The topological polar surface area (TPSA) is 80.5 Å². The summed E-state index contributed by atoms with van der Waals surface area (Å²) in [5.41, 5.74) is 4.40. The van der Waals surface area contributed by atoms with E-state index in [1.54, 1.807) is 24.3 Å². The van der Waals surface area contributed by atoms with Gasteiger partial charge < -0.3 is 0 Å². The summed E-state index contributed by atoms with van der Waals surface area (Å²) in [7, 11) is -3.86. The fourth-order valence-corrected chi connectivity index (χ4v) is 5.32. The van der Waals surface area contributed by atoms with Crippen LogP contribution in [0.1, 0.15) is 37.0 Å². The van der Waals surface area contributed by atoms with Crippen LogP contribution in [0.4, 0.5) is 0 Å². The molecule has 0 radical (unpaired) electrons. The zero-order valence-electron chi connectivity index (χ0n) is 18.3. The molecule has 6 nitrogen and oxygen atoms in total. The van der Waals surface area contributed by atoms with Gasteiger partial charge in [0.1, 0.15) is 6.54 Å². The quantitative estimate of drug-likeness (QED) is 0.361. The van der Waals surface area contributed by atoms with Gasteiger partial charge in [0.2, 0.25) is 10.0 Å². The fraction of sp³-hybridized carbons (Fsp3) is 0.333. The molecular formula is C24H28N2O4S. The Balaban J connectivity index is 2.13. The van der Waals surface area contributed by atoms with Crippen LogP contribution in [0.3, 0.4) is 0 Å². The lowest BCUT2D eigenvalue weighted by Gasteiger charge is -2.32. The third kappa shape index (κ3) is 5.11. The Morgan fingerprint density at radius 3 is 2.39 bits per heavy atom. The number of hydrogen-bond donors (Lipinski definition) is 0. The molecule has 3 rings (SSSR count). The van der Waals surface area contributed by atoms with Crippen molar-refractivity contribution in [3.05, 3.63) is 92.7 Å². The van der Waals surface area contributed by atoms with E-state index < -0.39 is 14.9 Å². The molecular weight excluding hydrogens is 412 g/mol. The number of rotatable bonds is 6. The van der Waals surface area contributed by atoms with Crippen LogP contribution < -0.4 is 0 Å². The van der Waals surface area contributed by atoms with E-state index >= 15 is 0 Å². The Labute approximate surface area is 184 Å². The second kappa shape index (κ2) is 9.16. The molecule has 31 heavy (non-hydrogen) atoms. The van der Waals surface area contributed by atoms with Crippen molar-refractivity contribution in [1.29, 1.82) is 0 Å². The Bertz CT molecular complexity index is 1140. The van der Waals surface area contributed by atoms with Crippen LogP contribution >= 0.6 is 0 Å². The number of aryl methyl sites for hydroxylation is 2. The van der Waals surface area contributed by atoms with Gasteiger partial charge in [-0.25, -0.2) is 8.42 Å². The van der Waals surface area contributed by atoms with Crippen molar-refractivity contribution in [2.45, 2.75) is 39.0 Å². The Kier molecular flexibility index (Phi) is 6.77. The first-order valence-electron chi connectivity index (χ1n) is 10.2. The van der Waals surface area contributed by atoms with Crippen molar-refractivity contribution >= 4 is 15.6 Å². The molecule has 2 aromatic rings. The molecule has 1 atom stereocenters. The Hall–Kier alpha value is -2.77. The smallest absolute Gasteiger partial charge is 0.259 e. The normalized spacial score (nSPS) is 17.5. The molecule has 7 heteroatoms. The van der Waals surface area contributed by atoms with Crippen molar-refractivity contribution in [3.63, 3.8) is 0 Å². The summed E-state index contributed by atoms with van der Waals surface area (Å²) in [5.74, 6) is -0.314. The minimum atomic E-state index is -3.86. The van der Waals surface area contributed by atoms with E-state index in [2.05, 4.69) is 0 Å². The number of sulfonamides is 1. The fourth-order valence-electron chi connectivity index (χ4n) is 3.87. The number of allylic oxidation sites excluding steroid dienone is 2. The van der Waals surface area contributed by atoms with Gasteiger partial charge in [-0.05, 0) is 51.8 Å². The number of benzene rings is 2. The monoisotopic (exact) mass is 440 g/mol. The third-order valence-corrected chi connectivity index (χ3v) is 7.31. The summed E-state index contributed by atoms with van der Waals surface area (Å²) in [4.78, 5) is 11.8. The SMILES string of the molecule is CC(C)=CCC1CN(S(=O)(=O)c2ccc(C)cc2)CC([N+](=O)[O-])=C1c1cccc(C)c1. The molecule has 0 N–H and O–H groups in total. The largest absolute Gasteiger partial charge is 0.265 e. The van der Waals surface area contributed by atoms with Crippen molar-refractivity contribution in [2.75, 3.05) is 13.1 Å². The van der Waals surface area contributed by atoms with Gasteiger partial charge in [0.05, 0.1) is 9.82 Å². The molecule has 1 aliphatic heterocycles. The van der Waals surface area contributed by atoms with E-state index in [4.69, 9.17) is 0 Å². The van der Waals surface area contributed by atoms with Crippen LogP contribution in [0.2, 0.25) is 0 Å². The van der Waals surface area contributed by atoms with Crippen LogP contribution in [0.15, 0.2) is 70.8 Å². The van der Waals surface area contributed by atoms with Crippen molar-refractivity contribution in [1.82, 2.24) is 4.31 Å². The van der Waals surface area contributed by atoms with E-state index in [1.807, 2.05) is 58.0 Å². The maximum Gasteiger partial charge on any atom is 0.265 e. The average Bonchev–Trinajstić information content (AvgIpc) is 2.71. The van der Waals surface area contributed by atoms with Gasteiger partial charge >= 0.3 is 0 Å². The van der Waals surface area contributed by atoms with Crippen LogP contribution in [-0.4, -0.2) is 30.7 Å². The molecule has 164 valence electrons. The van der Waals surface area contributed by atoms with Gasteiger partial charge in [-0.1, -0.05) is 59.2 Å². The highest BCUT2D eigenvalue weighted by atomic mass is 32.2. The molecule has 0 aliphatic carbocycles. The molecule has 0 bridgehead atoms. The molecule has 0 saturated carbocycles. The highest BCUT2D eigenvalue weighted by Crippen LogP contribution is 2.37. The van der Waals surface area contributed by atoms with E-state index in [9.17, 15) is 18.5 Å². The zero-order valence-corrected chi connectivity index (χ0v) is 19.1. The first kappa shape index (κ1) is 22.9. The summed E-state index contributed by atoms with van der Waals surface area (Å²) in [6.45, 7) is 7.70. The number of hydrogen-bond acceptors (Lipinski definition) is 4. The van der Waals surface area contributed by atoms with Gasteiger partial charge in [0, 0.05) is 18.0 Å². The average molecular weight is 441 g/mol. The summed E-state index contributed by atoms with van der Waals surface area (Å²) < 4.78 is 27.9. The van der Waals surface area contributed by atoms with E-state index in [-0.39, 0.29) is 29.6 Å². The summed E-state index contributed by atoms with van der Waals surface area (Å²) >= 11 is 0. The predicted octanol–water partition coefficient (Wildman–Crippen LogP) is 4.97. The van der Waals surface area contributed by atoms with Crippen LogP contribution in [0, 0.1) is 29.9 Å². The second-order valence-electron chi connectivity index (χ2n) is 8.31. The molecule has 0 fully saturated rings. The lowest BCUT2D eigenvalue weighted by Crippen LogP contribution is -2.42. The minimum absolute atomic E-state index is 0.0558. The maximum absolute atomic E-state index is 13.3. The standard InChI is InChI=1S/C24H28N2O4S/c1-17(2)8-11-21-15-25(31(29,30)22-12-9-18(3)10-13-22)16-23(26(27)28)24(21)20-7-5-6-19(4)14-20/h5-10,12-14,21H,11,15-16H2,1-4H3. The Morgan fingerprint density at radius 2 is 1.81 bits per heavy atom. The van der Waals surface area contributed by atoms with E-state index in [1.165, 1.54) is 4.31 Å². The first-order chi connectivity index (χ1) is 14.6. The van der Waals surface area contributed by atoms with E-state index in [0.717, 1.165) is 22.3 Å². The predicted molar refractivity (Wildman–Crippen MR) is 123 cm³/mol. The van der Waals surface area contributed by atoms with E-state index in [0.29, 0.717) is 12.0 Å². The Morgan fingerprint density at radius 1 is 1.13 bits per heavy atom. The van der Waals surface area contributed by atoms with Crippen molar-refractivity contribution in [3.8, 4) is 0 Å². The molecule has 0 aromatic heterocycles. The van der Waals surface area contributed by atoms with Gasteiger partial charge in [0.15, 0.2) is 0 Å². The third-order valence-electron chi connectivity index (χ3n) is 5.49. The van der Waals surface area contributed by atoms with Gasteiger partial charge in [-0.2, -0.15) is 4.31 Å². The summed E-state index contributed by atoms with van der Waals surface area (Å²) in [5, 5.41) is 12.1. The van der Waals surface area contributed by atoms with Gasteiger partial charge in [-0.3, -0.25) is 10.1 Å². The number of nitrogens with zero attached hydrogens (tertiary/aromatic N) is 2. The molecule has 0 spiro atoms. The van der Waals surface area contributed by atoms with Gasteiger partial charge in [-0.15, -0.1) is 0 Å². The minimum Gasteiger partial charge on any atom is -0.259 e. The highest BCUT2D eigenvalue weighted by Gasteiger charge is 2.40. The second-order valence-corrected chi connectivity index (χ2v) is 10.2. The molecule has 0 amide bonds. The molecule has 2 aromatic carbocycles. The molecule has 1 unspecified atom stereocenters. The van der Waals surface area contributed by atoms with Crippen molar-refractivity contribution < 1.29 is 13.3 Å². The van der Waals surface area contributed by atoms with Gasteiger partial charge in [0.25, 0.3) is 5.70 Å². The molecule has 1 aliphatic rings. The van der Waals surface area contributed by atoms with Crippen LogP contribution in [-0.2, 0) is 10.0 Å². The summed E-state index contributed by atoms with van der Waals surface area (Å²) in [6.07, 6.45) is 2.54. The van der Waals surface area contributed by atoms with Crippen LogP contribution in [0.25, 0.3) is 5.57 Å². The number of nitro groups is 1.